The van der Waals surface area contributed by atoms with E-state index in [2.05, 4.69) is 20.4 Å². The molecule has 30 heavy (non-hydrogen) atoms. The first-order valence-electron chi connectivity index (χ1n) is 10.0. The smallest absolute Gasteiger partial charge is 0.257 e. The third-order valence-corrected chi connectivity index (χ3v) is 5.17. The summed E-state index contributed by atoms with van der Waals surface area (Å²) in [4.78, 5) is 35.2. The molecule has 1 fully saturated rings. The zero-order valence-electron chi connectivity index (χ0n) is 16.5. The first-order chi connectivity index (χ1) is 14.7. The largest absolute Gasteiger partial charge is 0.472 e. The lowest BCUT2D eigenvalue weighted by Crippen LogP contribution is -2.35. The number of nitrogens with one attached hydrogen (secondary N) is 1. The van der Waals surface area contributed by atoms with Crippen molar-refractivity contribution in [3.05, 3.63) is 54.6 Å². The maximum Gasteiger partial charge on any atom is 0.257 e. The Balaban J connectivity index is 1.47. The molecule has 0 saturated carbocycles. The Morgan fingerprint density at radius 2 is 2.17 bits per heavy atom. The molecule has 0 bridgehead atoms. The Morgan fingerprint density at radius 3 is 2.97 bits per heavy atom. The van der Waals surface area contributed by atoms with E-state index in [9.17, 15) is 9.59 Å². The monoisotopic (exact) mass is 409 g/mol. The van der Waals surface area contributed by atoms with Gasteiger partial charge in [-0.2, -0.15) is 4.98 Å². The molecule has 3 aromatic heterocycles. The van der Waals surface area contributed by atoms with Crippen LogP contribution in [0.5, 0.6) is 0 Å². The van der Waals surface area contributed by atoms with Gasteiger partial charge in [0.25, 0.3) is 5.91 Å². The second-order valence-corrected chi connectivity index (χ2v) is 7.23. The number of furan rings is 1. The number of hydrogen-bond acceptors (Lipinski definition) is 7. The number of hydrogen-bond donors (Lipinski definition) is 1. The summed E-state index contributed by atoms with van der Waals surface area (Å²) in [6.07, 6.45) is 8.75. The third-order valence-electron chi connectivity index (χ3n) is 5.17. The molecule has 3 aromatic rings. The van der Waals surface area contributed by atoms with E-state index >= 15 is 0 Å². The maximum absolute atomic E-state index is 12.7. The fourth-order valence-electron chi connectivity index (χ4n) is 3.53. The first kappa shape index (κ1) is 19.8. The van der Waals surface area contributed by atoms with E-state index in [4.69, 9.17) is 8.94 Å². The summed E-state index contributed by atoms with van der Waals surface area (Å²) in [5.74, 6) is 0.807. The molecule has 0 radical (unpaired) electrons. The van der Waals surface area contributed by atoms with Crippen molar-refractivity contribution in [3.63, 3.8) is 0 Å². The molecule has 4 rings (SSSR count). The normalized spacial score (nSPS) is 18.5. The zero-order valence-corrected chi connectivity index (χ0v) is 16.5. The Bertz CT molecular complexity index is 970. The van der Waals surface area contributed by atoms with E-state index in [1.165, 1.54) is 12.5 Å². The molecule has 1 N–H and O–H groups in total. The van der Waals surface area contributed by atoms with Crippen LogP contribution in [0.4, 0.5) is 0 Å². The van der Waals surface area contributed by atoms with Crippen LogP contribution in [-0.2, 0) is 4.79 Å². The zero-order chi connectivity index (χ0) is 20.8. The highest BCUT2D eigenvalue weighted by Crippen LogP contribution is 2.26. The molecule has 1 saturated heterocycles. The minimum Gasteiger partial charge on any atom is -0.472 e. The van der Waals surface area contributed by atoms with Gasteiger partial charge in [0.05, 0.1) is 11.8 Å². The van der Waals surface area contributed by atoms with Crippen LogP contribution in [0.2, 0.25) is 0 Å². The van der Waals surface area contributed by atoms with Gasteiger partial charge in [-0.05, 0) is 37.5 Å². The summed E-state index contributed by atoms with van der Waals surface area (Å²) in [6, 6.07) is 5.33. The minimum absolute atomic E-state index is 0.00722. The lowest BCUT2D eigenvalue weighted by Gasteiger charge is -2.22. The van der Waals surface area contributed by atoms with Crippen molar-refractivity contribution in [3.8, 4) is 11.4 Å². The van der Waals surface area contributed by atoms with Crippen LogP contribution in [0.3, 0.4) is 0 Å². The molecule has 9 nitrogen and oxygen atoms in total. The number of nitrogens with zero attached hydrogens (tertiary/aromatic N) is 4. The molecule has 1 unspecified atom stereocenters. The lowest BCUT2D eigenvalue weighted by atomic mass is 9.99. The number of carbonyl (C=O) groups excluding carboxylic acids is 2. The van der Waals surface area contributed by atoms with E-state index in [0.29, 0.717) is 43.3 Å². The Labute approximate surface area is 173 Å². The quantitative estimate of drug-likeness (QED) is 0.707. The lowest BCUT2D eigenvalue weighted by molar-refractivity contribution is -0.121. The summed E-state index contributed by atoms with van der Waals surface area (Å²) in [7, 11) is 0. The second-order valence-electron chi connectivity index (χ2n) is 7.23. The summed E-state index contributed by atoms with van der Waals surface area (Å²) < 4.78 is 10.5. The highest BCUT2D eigenvalue weighted by atomic mass is 16.5. The van der Waals surface area contributed by atoms with Gasteiger partial charge >= 0.3 is 0 Å². The van der Waals surface area contributed by atoms with Gasteiger partial charge in [-0.15, -0.1) is 0 Å². The van der Waals surface area contributed by atoms with E-state index in [0.717, 1.165) is 18.4 Å². The van der Waals surface area contributed by atoms with E-state index in [-0.39, 0.29) is 24.2 Å². The van der Waals surface area contributed by atoms with Crippen LogP contribution in [0, 0.1) is 0 Å². The van der Waals surface area contributed by atoms with Gasteiger partial charge in [0.1, 0.15) is 6.26 Å². The predicted molar refractivity (Wildman–Crippen MR) is 106 cm³/mol. The van der Waals surface area contributed by atoms with Gasteiger partial charge in [0.15, 0.2) is 0 Å². The van der Waals surface area contributed by atoms with Gasteiger partial charge in [-0.1, -0.05) is 5.16 Å². The van der Waals surface area contributed by atoms with Crippen molar-refractivity contribution in [2.24, 2.45) is 0 Å². The highest BCUT2D eigenvalue weighted by Gasteiger charge is 2.23. The third kappa shape index (κ3) is 4.73. The molecule has 1 atom stereocenters. The van der Waals surface area contributed by atoms with Crippen LogP contribution in [0.1, 0.15) is 47.8 Å². The van der Waals surface area contributed by atoms with Crippen LogP contribution in [-0.4, -0.2) is 51.5 Å². The van der Waals surface area contributed by atoms with Crippen LogP contribution < -0.4 is 5.32 Å². The molecule has 1 aliphatic heterocycles. The van der Waals surface area contributed by atoms with E-state index < -0.39 is 0 Å². The van der Waals surface area contributed by atoms with Crippen molar-refractivity contribution in [1.29, 1.82) is 0 Å². The SMILES string of the molecule is O=C1CCN(C(=O)c2ccoc2)CCCC(c2nc(-c3cccnc3)no2)CCN1. The Morgan fingerprint density at radius 1 is 1.23 bits per heavy atom. The van der Waals surface area contributed by atoms with Crippen LogP contribution >= 0.6 is 0 Å². The first-order valence-corrected chi connectivity index (χ1v) is 10.0. The van der Waals surface area contributed by atoms with Crippen molar-refractivity contribution >= 4 is 11.8 Å². The minimum atomic E-state index is -0.135. The fourth-order valence-corrected chi connectivity index (χ4v) is 3.53. The average Bonchev–Trinajstić information content (AvgIpc) is 3.46. The van der Waals surface area contributed by atoms with Crippen LogP contribution in [0.25, 0.3) is 11.4 Å². The topological polar surface area (TPSA) is 114 Å². The van der Waals surface area contributed by atoms with E-state index in [1.807, 2.05) is 12.1 Å². The number of aromatic nitrogens is 3. The number of carbonyl (C=O) groups is 2. The number of pyridine rings is 1. The second kappa shape index (κ2) is 9.34. The summed E-state index contributed by atoms with van der Waals surface area (Å²) in [5.41, 5.74) is 1.27. The Kier molecular flexibility index (Phi) is 6.17. The molecule has 4 heterocycles. The summed E-state index contributed by atoms with van der Waals surface area (Å²) >= 11 is 0. The molecule has 0 aromatic carbocycles. The van der Waals surface area contributed by atoms with Gasteiger partial charge in [0, 0.05) is 49.9 Å². The highest BCUT2D eigenvalue weighted by molar-refractivity contribution is 5.94. The predicted octanol–water partition coefficient (Wildman–Crippen LogP) is 2.64. The van der Waals surface area contributed by atoms with Crippen molar-refractivity contribution in [2.45, 2.75) is 31.6 Å². The standard InChI is InChI=1S/C21H23N5O4/c27-18-6-11-26(21(28)17-7-12-29-14-17)10-2-4-15(5-9-23-18)20-24-19(25-30-20)16-3-1-8-22-13-16/h1,3,7-8,12-15H,2,4-6,9-11H2,(H,23,27). The van der Waals surface area contributed by atoms with Crippen molar-refractivity contribution in [1.82, 2.24) is 25.3 Å². The molecule has 9 heteroatoms. The molecule has 0 spiro atoms. The molecule has 2 amide bonds. The number of rotatable bonds is 3. The molecule has 156 valence electrons. The molecule has 0 aliphatic carbocycles. The van der Waals surface area contributed by atoms with Gasteiger partial charge in [-0.3, -0.25) is 14.6 Å². The Hall–Kier alpha value is -3.49. The molecular weight excluding hydrogens is 386 g/mol. The van der Waals surface area contributed by atoms with Crippen molar-refractivity contribution < 1.29 is 18.5 Å². The van der Waals surface area contributed by atoms with Gasteiger partial charge < -0.3 is 19.2 Å². The van der Waals surface area contributed by atoms with Gasteiger partial charge in [0.2, 0.25) is 17.6 Å². The molecular formula is C21H23N5O4. The fraction of sp³-hybridized carbons (Fsp3) is 0.381. The van der Waals surface area contributed by atoms with Crippen LogP contribution in [0.15, 0.2) is 52.1 Å². The maximum atomic E-state index is 12.7. The van der Waals surface area contributed by atoms with Crippen molar-refractivity contribution in [2.75, 3.05) is 19.6 Å². The summed E-state index contributed by atoms with van der Waals surface area (Å²) in [5, 5.41) is 7.00. The average molecular weight is 409 g/mol. The summed E-state index contributed by atoms with van der Waals surface area (Å²) in [6.45, 7) is 1.42. The number of amides is 2. The van der Waals surface area contributed by atoms with E-state index in [1.54, 1.807) is 23.4 Å². The van der Waals surface area contributed by atoms with Gasteiger partial charge in [-0.25, -0.2) is 0 Å². The molecule has 1 aliphatic rings.